The molecular weight excluding hydrogens is 308 g/mol. The van der Waals surface area contributed by atoms with Crippen LogP contribution >= 0.6 is 0 Å². The average molecular weight is 328 g/mol. The molecule has 0 aromatic carbocycles. The zero-order valence-corrected chi connectivity index (χ0v) is 13.7. The molecule has 0 aliphatic heterocycles. The lowest BCUT2D eigenvalue weighted by molar-refractivity contribution is -0.121. The van der Waals surface area contributed by atoms with Gasteiger partial charge in [0.2, 0.25) is 17.7 Å². The predicted molar refractivity (Wildman–Crippen MR) is 88.4 cm³/mol. The number of ether oxygens (including phenoxy) is 1. The zero-order chi connectivity index (χ0) is 17.4. The highest BCUT2D eigenvalue weighted by Crippen LogP contribution is 2.22. The van der Waals surface area contributed by atoms with E-state index in [9.17, 15) is 9.59 Å². The first kappa shape index (κ1) is 17.4. The lowest BCUT2D eigenvalue weighted by Crippen LogP contribution is -2.29. The van der Waals surface area contributed by atoms with Crippen LogP contribution in [-0.4, -0.2) is 28.3 Å². The van der Waals surface area contributed by atoms with Gasteiger partial charge >= 0.3 is 0 Å². The standard InChI is InChI=1S/C17H20N4O3/c1-12-5-6-15(11-20-12)24-17-14(4-3-8-19-17)10-21-16(23)7-9-18-13(2)22/h3-6,8,11H,7,9-10H2,1-2H3,(H,18,22)(H,21,23). The molecule has 0 atom stereocenters. The number of carbonyl (C=O) groups is 2. The van der Waals surface area contributed by atoms with Crippen LogP contribution < -0.4 is 15.4 Å². The Labute approximate surface area is 140 Å². The molecule has 24 heavy (non-hydrogen) atoms. The van der Waals surface area contributed by atoms with Crippen LogP contribution in [0.1, 0.15) is 24.6 Å². The van der Waals surface area contributed by atoms with E-state index in [0.29, 0.717) is 24.7 Å². The summed E-state index contributed by atoms with van der Waals surface area (Å²) in [5, 5.41) is 5.36. The average Bonchev–Trinajstić information content (AvgIpc) is 2.56. The van der Waals surface area contributed by atoms with Crippen LogP contribution in [0.25, 0.3) is 0 Å². The van der Waals surface area contributed by atoms with Gasteiger partial charge in [-0.1, -0.05) is 6.07 Å². The van der Waals surface area contributed by atoms with E-state index < -0.39 is 0 Å². The van der Waals surface area contributed by atoms with E-state index in [0.717, 1.165) is 11.3 Å². The van der Waals surface area contributed by atoms with Gasteiger partial charge in [0, 0.05) is 43.9 Å². The van der Waals surface area contributed by atoms with Gasteiger partial charge in [0.25, 0.3) is 0 Å². The highest BCUT2D eigenvalue weighted by molar-refractivity contribution is 5.77. The van der Waals surface area contributed by atoms with Gasteiger partial charge in [-0.15, -0.1) is 0 Å². The molecule has 7 nitrogen and oxygen atoms in total. The molecule has 2 aromatic rings. The Hall–Kier alpha value is -2.96. The van der Waals surface area contributed by atoms with E-state index in [2.05, 4.69) is 20.6 Å². The highest BCUT2D eigenvalue weighted by Gasteiger charge is 2.08. The molecule has 0 aliphatic rings. The monoisotopic (exact) mass is 328 g/mol. The highest BCUT2D eigenvalue weighted by atomic mass is 16.5. The molecule has 2 heterocycles. The molecule has 2 rings (SSSR count). The number of nitrogens with one attached hydrogen (secondary N) is 2. The molecule has 2 N–H and O–H groups in total. The van der Waals surface area contributed by atoms with Crippen molar-refractivity contribution in [2.75, 3.05) is 6.54 Å². The topological polar surface area (TPSA) is 93.2 Å². The van der Waals surface area contributed by atoms with Crippen LogP contribution in [0.2, 0.25) is 0 Å². The van der Waals surface area contributed by atoms with Crippen LogP contribution in [-0.2, 0) is 16.1 Å². The number of nitrogens with zero attached hydrogens (tertiary/aromatic N) is 2. The van der Waals surface area contributed by atoms with Gasteiger partial charge in [-0.25, -0.2) is 4.98 Å². The van der Waals surface area contributed by atoms with E-state index in [4.69, 9.17) is 4.74 Å². The summed E-state index contributed by atoms with van der Waals surface area (Å²) in [6.45, 7) is 3.91. The van der Waals surface area contributed by atoms with Crippen LogP contribution in [0.5, 0.6) is 11.6 Å². The number of carbonyl (C=O) groups excluding carboxylic acids is 2. The second-order valence-corrected chi connectivity index (χ2v) is 5.21. The molecule has 0 aliphatic carbocycles. The van der Waals surface area contributed by atoms with Crippen molar-refractivity contribution in [2.24, 2.45) is 0 Å². The predicted octanol–water partition coefficient (Wildman–Crippen LogP) is 1.72. The maximum atomic E-state index is 11.8. The van der Waals surface area contributed by atoms with Crippen molar-refractivity contribution in [1.82, 2.24) is 20.6 Å². The van der Waals surface area contributed by atoms with Gasteiger partial charge in [-0.2, -0.15) is 0 Å². The number of hydrogen-bond acceptors (Lipinski definition) is 5. The zero-order valence-electron chi connectivity index (χ0n) is 13.7. The summed E-state index contributed by atoms with van der Waals surface area (Å²) in [6.07, 6.45) is 3.47. The number of pyridine rings is 2. The molecule has 0 saturated heterocycles. The van der Waals surface area contributed by atoms with Crippen LogP contribution in [0.4, 0.5) is 0 Å². The van der Waals surface area contributed by atoms with Crippen molar-refractivity contribution in [2.45, 2.75) is 26.8 Å². The number of aryl methyl sites for hydroxylation is 1. The van der Waals surface area contributed by atoms with Crippen molar-refractivity contribution >= 4 is 11.8 Å². The van der Waals surface area contributed by atoms with Crippen molar-refractivity contribution in [3.8, 4) is 11.6 Å². The summed E-state index contributed by atoms with van der Waals surface area (Å²) in [7, 11) is 0. The lowest BCUT2D eigenvalue weighted by atomic mass is 10.2. The SMILES string of the molecule is CC(=O)NCCC(=O)NCc1cccnc1Oc1ccc(C)nc1. The van der Waals surface area contributed by atoms with Gasteiger partial charge in [-0.3, -0.25) is 14.6 Å². The molecule has 0 bridgehead atoms. The van der Waals surface area contributed by atoms with Crippen molar-refractivity contribution in [1.29, 1.82) is 0 Å². The fourth-order valence-electron chi connectivity index (χ4n) is 1.91. The Bertz CT molecular complexity index is 701. The van der Waals surface area contributed by atoms with Crippen LogP contribution in [0.15, 0.2) is 36.7 Å². The first-order valence-corrected chi connectivity index (χ1v) is 7.60. The molecule has 126 valence electrons. The van der Waals surface area contributed by atoms with Gasteiger partial charge in [0.1, 0.15) is 5.75 Å². The lowest BCUT2D eigenvalue weighted by Gasteiger charge is -2.11. The Morgan fingerprint density at radius 1 is 1.17 bits per heavy atom. The van der Waals surface area contributed by atoms with Gasteiger partial charge < -0.3 is 15.4 Å². The third-order valence-electron chi connectivity index (χ3n) is 3.15. The molecule has 0 spiro atoms. The summed E-state index contributed by atoms with van der Waals surface area (Å²) < 4.78 is 5.73. The van der Waals surface area contributed by atoms with Crippen molar-refractivity contribution in [3.05, 3.63) is 47.9 Å². The van der Waals surface area contributed by atoms with E-state index in [-0.39, 0.29) is 18.2 Å². The molecule has 0 radical (unpaired) electrons. The second-order valence-electron chi connectivity index (χ2n) is 5.21. The van der Waals surface area contributed by atoms with Crippen LogP contribution in [0, 0.1) is 6.92 Å². The van der Waals surface area contributed by atoms with E-state index in [1.54, 1.807) is 18.5 Å². The van der Waals surface area contributed by atoms with E-state index in [1.165, 1.54) is 6.92 Å². The van der Waals surface area contributed by atoms with Crippen molar-refractivity contribution < 1.29 is 14.3 Å². The van der Waals surface area contributed by atoms with Gasteiger partial charge in [0.05, 0.1) is 6.20 Å². The second kappa shape index (κ2) is 8.61. The molecule has 0 unspecified atom stereocenters. The molecule has 7 heteroatoms. The quantitative estimate of drug-likeness (QED) is 0.807. The first-order chi connectivity index (χ1) is 11.5. The van der Waals surface area contributed by atoms with Gasteiger partial charge in [-0.05, 0) is 25.1 Å². The fraction of sp³-hybridized carbons (Fsp3) is 0.294. The van der Waals surface area contributed by atoms with Crippen molar-refractivity contribution in [3.63, 3.8) is 0 Å². The molecule has 0 fully saturated rings. The summed E-state index contributed by atoms with van der Waals surface area (Å²) >= 11 is 0. The maximum Gasteiger partial charge on any atom is 0.224 e. The Balaban J connectivity index is 1.92. The number of aromatic nitrogens is 2. The van der Waals surface area contributed by atoms with E-state index >= 15 is 0 Å². The number of rotatable bonds is 7. The smallest absolute Gasteiger partial charge is 0.224 e. The minimum absolute atomic E-state index is 0.155. The Morgan fingerprint density at radius 2 is 2.00 bits per heavy atom. The molecule has 2 aromatic heterocycles. The van der Waals surface area contributed by atoms with Crippen LogP contribution in [0.3, 0.4) is 0 Å². The summed E-state index contributed by atoms with van der Waals surface area (Å²) in [5.74, 6) is 0.691. The molecule has 0 saturated carbocycles. The first-order valence-electron chi connectivity index (χ1n) is 7.60. The number of hydrogen-bond donors (Lipinski definition) is 2. The molecular formula is C17H20N4O3. The summed E-state index contributed by atoms with van der Waals surface area (Å²) in [4.78, 5) is 30.9. The summed E-state index contributed by atoms with van der Waals surface area (Å²) in [5.41, 5.74) is 1.65. The third kappa shape index (κ3) is 5.68. The minimum atomic E-state index is -0.157. The Morgan fingerprint density at radius 3 is 2.71 bits per heavy atom. The molecule has 2 amide bonds. The maximum absolute atomic E-state index is 11.8. The van der Waals surface area contributed by atoms with Gasteiger partial charge in [0.15, 0.2) is 0 Å². The normalized spacial score (nSPS) is 10.1. The largest absolute Gasteiger partial charge is 0.437 e. The summed E-state index contributed by atoms with van der Waals surface area (Å²) in [6, 6.07) is 7.27. The third-order valence-corrected chi connectivity index (χ3v) is 3.15. The minimum Gasteiger partial charge on any atom is -0.437 e. The Kier molecular flexibility index (Phi) is 6.24. The van der Waals surface area contributed by atoms with E-state index in [1.807, 2.05) is 25.1 Å². The fourth-order valence-corrected chi connectivity index (χ4v) is 1.91. The number of amides is 2.